The number of para-hydroxylation sites is 1. The fourth-order valence-corrected chi connectivity index (χ4v) is 6.14. The van der Waals surface area contributed by atoms with Crippen LogP contribution in [-0.2, 0) is 30.1 Å². The van der Waals surface area contributed by atoms with E-state index in [1.165, 1.54) is 16.7 Å². The van der Waals surface area contributed by atoms with E-state index in [9.17, 15) is 40.7 Å². The molecule has 0 radical (unpaired) electrons. The van der Waals surface area contributed by atoms with Crippen molar-refractivity contribution in [1.29, 1.82) is 0 Å². The van der Waals surface area contributed by atoms with Gasteiger partial charge in [0.1, 0.15) is 18.5 Å². The van der Waals surface area contributed by atoms with Crippen LogP contribution in [0.2, 0.25) is 0 Å². The number of amides is 4. The molecule has 2 atom stereocenters. The van der Waals surface area contributed by atoms with Crippen LogP contribution in [0.4, 0.5) is 35.9 Å². The molecule has 4 aromatic carbocycles. The summed E-state index contributed by atoms with van der Waals surface area (Å²) < 4.78 is 92.4. The Kier molecular flexibility index (Phi) is 12.4. The van der Waals surface area contributed by atoms with Gasteiger partial charge in [0, 0.05) is 31.6 Å². The van der Waals surface area contributed by atoms with Gasteiger partial charge in [0.15, 0.2) is 0 Å². The number of alkyl carbamates (subject to hydrolysis) is 1. The standard InChI is InChI=1S/C39H38F6N4O5/c1-25(47-37(52)54-24-27-14-12-26(13-15-27)20-29-10-6-7-11-34(29)53-2)46-36(51)48-17-16-33(28-8-4-3-5-9-28)49(19-18-48)35(50)30-21-31(38(40,41)42)23-32(22-30)39(43,44)45/h3-15,21-23,25,33H,16-20,24H2,1-2H3,(H,46,51)(H,47,52). The molecule has 1 heterocycles. The van der Waals surface area contributed by atoms with Gasteiger partial charge >= 0.3 is 24.5 Å². The number of nitrogens with zero attached hydrogens (tertiary/aromatic N) is 2. The second kappa shape index (κ2) is 16.9. The van der Waals surface area contributed by atoms with Crippen molar-refractivity contribution in [2.24, 2.45) is 0 Å². The monoisotopic (exact) mass is 756 g/mol. The van der Waals surface area contributed by atoms with E-state index in [-0.39, 0.29) is 38.7 Å². The first-order valence-corrected chi connectivity index (χ1v) is 17.0. The van der Waals surface area contributed by atoms with E-state index >= 15 is 0 Å². The molecule has 0 saturated carbocycles. The van der Waals surface area contributed by atoms with Gasteiger partial charge in [0.05, 0.1) is 24.3 Å². The molecule has 15 heteroatoms. The maximum absolute atomic E-state index is 13.8. The highest BCUT2D eigenvalue weighted by Crippen LogP contribution is 2.37. The normalized spacial score (nSPS) is 15.5. The zero-order chi connectivity index (χ0) is 39.0. The van der Waals surface area contributed by atoms with Gasteiger partial charge in [-0.1, -0.05) is 72.8 Å². The van der Waals surface area contributed by atoms with Crippen molar-refractivity contribution in [3.05, 3.63) is 136 Å². The zero-order valence-electron chi connectivity index (χ0n) is 29.3. The largest absolute Gasteiger partial charge is 0.496 e. The van der Waals surface area contributed by atoms with Crippen LogP contribution in [0.15, 0.2) is 97.1 Å². The van der Waals surface area contributed by atoms with Crippen LogP contribution < -0.4 is 15.4 Å². The Labute approximate surface area is 307 Å². The van der Waals surface area contributed by atoms with Crippen LogP contribution >= 0.6 is 0 Å². The minimum absolute atomic E-state index is 0.0331. The van der Waals surface area contributed by atoms with E-state index in [0.29, 0.717) is 24.1 Å². The van der Waals surface area contributed by atoms with Gasteiger partial charge in [-0.2, -0.15) is 26.3 Å². The molecule has 0 aliphatic carbocycles. The maximum Gasteiger partial charge on any atom is 0.416 e. The van der Waals surface area contributed by atoms with Crippen molar-refractivity contribution < 1.29 is 50.2 Å². The van der Waals surface area contributed by atoms with Gasteiger partial charge < -0.3 is 29.9 Å². The molecule has 0 aromatic heterocycles. The average Bonchev–Trinajstić information content (AvgIpc) is 3.37. The van der Waals surface area contributed by atoms with Gasteiger partial charge in [-0.25, -0.2) is 9.59 Å². The van der Waals surface area contributed by atoms with E-state index in [0.717, 1.165) is 22.4 Å². The van der Waals surface area contributed by atoms with Gasteiger partial charge in [-0.05, 0) is 59.9 Å². The highest BCUT2D eigenvalue weighted by Gasteiger charge is 2.39. The van der Waals surface area contributed by atoms with Crippen molar-refractivity contribution in [2.45, 2.75) is 50.9 Å². The summed E-state index contributed by atoms with van der Waals surface area (Å²) in [7, 11) is 1.61. The van der Waals surface area contributed by atoms with E-state index < -0.39 is 59.3 Å². The van der Waals surface area contributed by atoms with E-state index in [1.807, 2.05) is 48.5 Å². The van der Waals surface area contributed by atoms with Gasteiger partial charge in [0.25, 0.3) is 5.91 Å². The molecule has 0 bridgehead atoms. The van der Waals surface area contributed by atoms with Gasteiger partial charge in [-0.15, -0.1) is 0 Å². The lowest BCUT2D eigenvalue weighted by atomic mass is 9.99. The van der Waals surface area contributed by atoms with Crippen molar-refractivity contribution in [3.8, 4) is 5.75 Å². The number of ether oxygens (including phenoxy) is 2. The summed E-state index contributed by atoms with van der Waals surface area (Å²) >= 11 is 0. The summed E-state index contributed by atoms with van der Waals surface area (Å²) in [6.07, 6.45) is -11.2. The Balaban J connectivity index is 1.20. The predicted molar refractivity (Wildman–Crippen MR) is 186 cm³/mol. The number of benzene rings is 4. The zero-order valence-corrected chi connectivity index (χ0v) is 29.3. The topological polar surface area (TPSA) is 100 Å². The van der Waals surface area contributed by atoms with Crippen LogP contribution in [-0.4, -0.2) is 60.7 Å². The number of alkyl halides is 6. The Morgan fingerprint density at radius 3 is 2.02 bits per heavy atom. The molecule has 286 valence electrons. The minimum Gasteiger partial charge on any atom is -0.496 e. The maximum atomic E-state index is 13.8. The van der Waals surface area contributed by atoms with E-state index in [2.05, 4.69) is 10.6 Å². The number of hydrogen-bond acceptors (Lipinski definition) is 5. The molecular weight excluding hydrogens is 718 g/mol. The number of methoxy groups -OCH3 is 1. The molecule has 4 amide bonds. The van der Waals surface area contributed by atoms with Crippen molar-refractivity contribution >= 4 is 18.0 Å². The second-order valence-electron chi connectivity index (χ2n) is 12.7. The number of hydrogen-bond donors (Lipinski definition) is 2. The van der Waals surface area contributed by atoms with Crippen LogP contribution in [0.25, 0.3) is 0 Å². The number of urea groups is 1. The van der Waals surface area contributed by atoms with Gasteiger partial charge in [-0.3, -0.25) is 4.79 Å². The highest BCUT2D eigenvalue weighted by atomic mass is 19.4. The summed E-state index contributed by atoms with van der Waals surface area (Å²) in [5.41, 5.74) is -0.610. The molecule has 54 heavy (non-hydrogen) atoms. The Hall–Kier alpha value is -5.73. The number of carbonyl (C=O) groups excluding carboxylic acids is 3. The third-order valence-electron chi connectivity index (χ3n) is 8.88. The molecule has 5 rings (SSSR count). The second-order valence-corrected chi connectivity index (χ2v) is 12.7. The third kappa shape index (κ3) is 10.2. The molecule has 1 saturated heterocycles. The van der Waals surface area contributed by atoms with Crippen molar-refractivity contribution in [1.82, 2.24) is 20.4 Å². The predicted octanol–water partition coefficient (Wildman–Crippen LogP) is 8.19. The van der Waals surface area contributed by atoms with Crippen LogP contribution in [0.1, 0.15) is 63.1 Å². The minimum atomic E-state index is -5.14. The van der Waals surface area contributed by atoms with Crippen molar-refractivity contribution in [3.63, 3.8) is 0 Å². The highest BCUT2D eigenvalue weighted by molar-refractivity contribution is 5.95. The molecule has 4 aromatic rings. The average molecular weight is 757 g/mol. The molecule has 9 nitrogen and oxygen atoms in total. The van der Waals surface area contributed by atoms with E-state index in [1.54, 1.807) is 37.4 Å². The molecule has 1 aliphatic rings. The number of rotatable bonds is 9. The first-order valence-electron chi connectivity index (χ1n) is 17.0. The summed E-state index contributed by atoms with van der Waals surface area (Å²) in [5, 5.41) is 5.16. The lowest BCUT2D eigenvalue weighted by Crippen LogP contribution is -2.51. The molecule has 1 fully saturated rings. The number of halogens is 6. The van der Waals surface area contributed by atoms with Crippen LogP contribution in [0.3, 0.4) is 0 Å². The van der Waals surface area contributed by atoms with E-state index in [4.69, 9.17) is 9.47 Å². The Bertz CT molecular complexity index is 1890. The fourth-order valence-electron chi connectivity index (χ4n) is 6.14. The molecule has 1 aliphatic heterocycles. The number of carbonyl (C=O) groups is 3. The third-order valence-corrected chi connectivity index (χ3v) is 8.88. The molecular formula is C39H38F6N4O5. The van der Waals surface area contributed by atoms with Crippen molar-refractivity contribution in [2.75, 3.05) is 26.7 Å². The van der Waals surface area contributed by atoms with Gasteiger partial charge in [0.2, 0.25) is 0 Å². The summed E-state index contributed by atoms with van der Waals surface area (Å²) in [5.74, 6) is -0.265. The lowest BCUT2D eigenvalue weighted by Gasteiger charge is -2.30. The molecule has 0 spiro atoms. The Morgan fingerprint density at radius 1 is 0.778 bits per heavy atom. The summed E-state index contributed by atoms with van der Waals surface area (Å²) in [6, 6.07) is 23.0. The number of nitrogens with one attached hydrogen (secondary N) is 2. The van der Waals surface area contributed by atoms with Crippen LogP contribution in [0.5, 0.6) is 5.75 Å². The molecule has 2 N–H and O–H groups in total. The SMILES string of the molecule is COc1ccccc1Cc1ccc(COC(=O)NC(C)NC(=O)N2CCC(c3ccccc3)N(C(=O)c3cc(C(F)(F)F)cc(C(F)(F)F)c3)CC2)cc1. The fraction of sp³-hybridized carbons (Fsp3) is 0.308. The summed E-state index contributed by atoms with van der Waals surface area (Å²) in [4.78, 5) is 42.1. The lowest BCUT2D eigenvalue weighted by molar-refractivity contribution is -0.143. The quantitative estimate of drug-likeness (QED) is 0.133. The molecule has 2 unspecified atom stereocenters. The summed E-state index contributed by atoms with van der Waals surface area (Å²) in [6.45, 7) is 1.25. The smallest absolute Gasteiger partial charge is 0.416 e. The van der Waals surface area contributed by atoms with Crippen LogP contribution in [0, 0.1) is 0 Å². The Morgan fingerprint density at radius 2 is 1.39 bits per heavy atom. The first-order chi connectivity index (χ1) is 25.6. The first kappa shape index (κ1) is 39.5.